The second-order valence-electron chi connectivity index (χ2n) is 1.35. The number of halogens is 1. The Hall–Kier alpha value is -1.50. The largest absolute Gasteiger partial charge is 0.308 e. The Morgan fingerprint density at radius 3 is 2.44 bits per heavy atom. The average Bonchev–Trinajstić information content (AvgIpc) is 1.90. The van der Waals surface area contributed by atoms with Gasteiger partial charge >= 0.3 is 6.08 Å². The summed E-state index contributed by atoms with van der Waals surface area (Å²) in [6.45, 7) is 0. The molecule has 0 atom stereocenters. The van der Waals surface area contributed by atoms with Crippen LogP contribution in [-0.4, -0.2) is 9.97 Å². The summed E-state index contributed by atoms with van der Waals surface area (Å²) in [5, 5.41) is 8.18. The van der Waals surface area contributed by atoms with Gasteiger partial charge in [0, 0.05) is 0 Å². The third-order valence-electron chi connectivity index (χ3n) is 0.749. The van der Waals surface area contributed by atoms with E-state index in [1.807, 2.05) is 0 Å². The number of nitriles is 1. The Balaban J connectivity index is 3.06. The monoisotopic (exact) mass is 123 g/mol. The SMILES string of the molecule is N#Cc1cnc(F)nc1. The van der Waals surface area contributed by atoms with Crippen molar-refractivity contribution in [3.05, 3.63) is 24.0 Å². The summed E-state index contributed by atoms with van der Waals surface area (Å²) in [5.41, 5.74) is 0.261. The molecule has 1 aromatic heterocycles. The van der Waals surface area contributed by atoms with Crippen LogP contribution in [0.4, 0.5) is 4.39 Å². The first kappa shape index (κ1) is 5.63. The molecule has 0 spiro atoms. The van der Waals surface area contributed by atoms with Gasteiger partial charge in [-0.05, 0) is 0 Å². The van der Waals surface area contributed by atoms with Gasteiger partial charge in [-0.2, -0.15) is 9.65 Å². The van der Waals surface area contributed by atoms with Gasteiger partial charge in [0.15, 0.2) is 0 Å². The summed E-state index contributed by atoms with van der Waals surface area (Å²) in [5.74, 6) is 0. The predicted molar refractivity (Wildman–Crippen MR) is 26.7 cm³/mol. The van der Waals surface area contributed by atoms with Gasteiger partial charge < -0.3 is 0 Å². The minimum absolute atomic E-state index is 0.261. The van der Waals surface area contributed by atoms with Crippen LogP contribution < -0.4 is 0 Å². The average molecular weight is 123 g/mol. The van der Waals surface area contributed by atoms with Gasteiger partial charge in [-0.15, -0.1) is 0 Å². The number of hydrogen-bond acceptors (Lipinski definition) is 3. The molecule has 9 heavy (non-hydrogen) atoms. The van der Waals surface area contributed by atoms with E-state index in [1.54, 1.807) is 6.07 Å². The highest BCUT2D eigenvalue weighted by atomic mass is 19.1. The van der Waals surface area contributed by atoms with Crippen LogP contribution in [0.2, 0.25) is 0 Å². The Morgan fingerprint density at radius 1 is 1.44 bits per heavy atom. The van der Waals surface area contributed by atoms with Gasteiger partial charge in [-0.3, -0.25) is 0 Å². The maximum atomic E-state index is 11.9. The lowest BCUT2D eigenvalue weighted by Gasteiger charge is -1.83. The van der Waals surface area contributed by atoms with Crippen molar-refractivity contribution in [1.29, 1.82) is 5.26 Å². The van der Waals surface area contributed by atoms with Crippen molar-refractivity contribution < 1.29 is 4.39 Å². The molecular weight excluding hydrogens is 121 g/mol. The van der Waals surface area contributed by atoms with Gasteiger partial charge in [0.25, 0.3) is 0 Å². The minimum atomic E-state index is -0.811. The van der Waals surface area contributed by atoms with Crippen molar-refractivity contribution in [2.75, 3.05) is 0 Å². The van der Waals surface area contributed by atoms with E-state index in [4.69, 9.17) is 5.26 Å². The molecule has 0 N–H and O–H groups in total. The maximum Gasteiger partial charge on any atom is 0.308 e. The smallest absolute Gasteiger partial charge is 0.209 e. The summed E-state index contributed by atoms with van der Waals surface area (Å²) < 4.78 is 11.9. The molecule has 0 bridgehead atoms. The molecule has 1 heterocycles. The molecule has 1 rings (SSSR count). The standard InChI is InChI=1S/C5H2FN3/c6-5-8-2-4(1-7)3-9-5/h2-3H. The molecule has 0 aliphatic carbocycles. The molecule has 0 saturated heterocycles. The number of nitrogens with zero attached hydrogens (tertiary/aromatic N) is 3. The van der Waals surface area contributed by atoms with Gasteiger partial charge in [0.1, 0.15) is 6.07 Å². The van der Waals surface area contributed by atoms with E-state index < -0.39 is 6.08 Å². The van der Waals surface area contributed by atoms with Crippen molar-refractivity contribution in [3.63, 3.8) is 0 Å². The lowest BCUT2D eigenvalue weighted by atomic mass is 10.4. The molecule has 0 fully saturated rings. The Labute approximate surface area is 50.8 Å². The number of hydrogen-bond donors (Lipinski definition) is 0. The van der Waals surface area contributed by atoms with Crippen LogP contribution in [-0.2, 0) is 0 Å². The molecular formula is C5H2FN3. The molecule has 3 nitrogen and oxygen atoms in total. The molecule has 0 unspecified atom stereocenters. The van der Waals surface area contributed by atoms with Gasteiger partial charge in [0.2, 0.25) is 0 Å². The van der Waals surface area contributed by atoms with Crippen LogP contribution in [0, 0.1) is 17.4 Å². The summed E-state index contributed by atoms with van der Waals surface area (Å²) in [7, 11) is 0. The summed E-state index contributed by atoms with van der Waals surface area (Å²) in [4.78, 5) is 6.30. The first-order chi connectivity index (χ1) is 4.33. The third-order valence-corrected chi connectivity index (χ3v) is 0.749. The van der Waals surface area contributed by atoms with Crippen molar-refractivity contribution in [1.82, 2.24) is 9.97 Å². The second-order valence-corrected chi connectivity index (χ2v) is 1.35. The molecule has 0 aromatic carbocycles. The fourth-order valence-electron chi connectivity index (χ4n) is 0.370. The Morgan fingerprint density at radius 2 is 2.00 bits per heavy atom. The fourth-order valence-corrected chi connectivity index (χ4v) is 0.370. The fraction of sp³-hybridized carbons (Fsp3) is 0. The van der Waals surface area contributed by atoms with Crippen LogP contribution in [0.1, 0.15) is 5.56 Å². The van der Waals surface area contributed by atoms with E-state index in [2.05, 4.69) is 9.97 Å². The topological polar surface area (TPSA) is 49.6 Å². The summed E-state index contributed by atoms with van der Waals surface area (Å²) in [6, 6.07) is 1.76. The van der Waals surface area contributed by atoms with Crippen molar-refractivity contribution in [3.8, 4) is 6.07 Å². The number of aromatic nitrogens is 2. The molecule has 0 aliphatic rings. The van der Waals surface area contributed by atoms with Gasteiger partial charge in [-0.1, -0.05) is 0 Å². The van der Waals surface area contributed by atoms with Crippen LogP contribution in [0.25, 0.3) is 0 Å². The lowest BCUT2D eigenvalue weighted by molar-refractivity contribution is 0.538. The van der Waals surface area contributed by atoms with Crippen LogP contribution in [0.3, 0.4) is 0 Å². The third kappa shape index (κ3) is 1.19. The van der Waals surface area contributed by atoms with Crippen LogP contribution >= 0.6 is 0 Å². The van der Waals surface area contributed by atoms with E-state index >= 15 is 0 Å². The predicted octanol–water partition coefficient (Wildman–Crippen LogP) is 0.487. The van der Waals surface area contributed by atoms with Crippen molar-refractivity contribution >= 4 is 0 Å². The molecule has 44 valence electrons. The van der Waals surface area contributed by atoms with Gasteiger partial charge in [-0.25, -0.2) is 9.97 Å². The van der Waals surface area contributed by atoms with Crippen molar-refractivity contribution in [2.45, 2.75) is 0 Å². The molecule has 0 aliphatic heterocycles. The Bertz CT molecular complexity index is 235. The van der Waals surface area contributed by atoms with Crippen LogP contribution in [0.5, 0.6) is 0 Å². The quantitative estimate of drug-likeness (QED) is 0.471. The second kappa shape index (κ2) is 2.18. The van der Waals surface area contributed by atoms with Crippen molar-refractivity contribution in [2.24, 2.45) is 0 Å². The molecule has 0 saturated carbocycles. The molecule has 1 aromatic rings. The minimum Gasteiger partial charge on any atom is -0.209 e. The highest BCUT2D eigenvalue weighted by molar-refractivity contribution is 5.20. The molecule has 0 amide bonds. The van der Waals surface area contributed by atoms with E-state index in [-0.39, 0.29) is 5.56 Å². The normalized spacial score (nSPS) is 8.44. The zero-order chi connectivity index (χ0) is 6.69. The van der Waals surface area contributed by atoms with E-state index in [0.29, 0.717) is 0 Å². The summed E-state index contributed by atoms with van der Waals surface area (Å²) >= 11 is 0. The summed E-state index contributed by atoms with van der Waals surface area (Å²) in [6.07, 6.45) is 1.44. The van der Waals surface area contributed by atoms with Gasteiger partial charge in [0.05, 0.1) is 18.0 Å². The highest BCUT2D eigenvalue weighted by Crippen LogP contribution is 1.90. The van der Waals surface area contributed by atoms with Crippen LogP contribution in [0.15, 0.2) is 12.4 Å². The maximum absolute atomic E-state index is 11.9. The number of rotatable bonds is 0. The lowest BCUT2D eigenvalue weighted by Crippen LogP contribution is -1.87. The molecule has 4 heteroatoms. The van der Waals surface area contributed by atoms with E-state index in [9.17, 15) is 4.39 Å². The molecule has 0 radical (unpaired) electrons. The highest BCUT2D eigenvalue weighted by Gasteiger charge is 1.90. The first-order valence-corrected chi connectivity index (χ1v) is 2.20. The first-order valence-electron chi connectivity index (χ1n) is 2.20. The van der Waals surface area contributed by atoms with E-state index in [1.165, 1.54) is 0 Å². The van der Waals surface area contributed by atoms with E-state index in [0.717, 1.165) is 12.4 Å². The Kier molecular flexibility index (Phi) is 1.36. The zero-order valence-electron chi connectivity index (χ0n) is 4.37. The zero-order valence-corrected chi connectivity index (χ0v) is 4.37.